The highest BCUT2D eigenvalue weighted by Gasteiger charge is 2.22. The highest BCUT2D eigenvalue weighted by Crippen LogP contribution is 2.34. The molecular formula is C16H22N2O2. The predicted octanol–water partition coefficient (Wildman–Crippen LogP) is 3.17. The second-order valence-electron chi connectivity index (χ2n) is 5.42. The average Bonchev–Trinajstić information content (AvgIpc) is 2.86. The van der Waals surface area contributed by atoms with Gasteiger partial charge in [-0.15, -0.1) is 0 Å². The van der Waals surface area contributed by atoms with Crippen LogP contribution < -0.4 is 4.74 Å². The lowest BCUT2D eigenvalue weighted by Crippen LogP contribution is -2.12. The maximum absolute atomic E-state index is 10.8. The van der Waals surface area contributed by atoms with E-state index in [-0.39, 0.29) is 6.04 Å². The first-order valence-corrected chi connectivity index (χ1v) is 6.80. The van der Waals surface area contributed by atoms with E-state index in [0.717, 1.165) is 22.4 Å². The van der Waals surface area contributed by atoms with Gasteiger partial charge < -0.3 is 14.4 Å². The van der Waals surface area contributed by atoms with Gasteiger partial charge in [-0.25, -0.2) is 4.98 Å². The summed E-state index contributed by atoms with van der Waals surface area (Å²) in [6, 6.07) is 4.25. The molecular weight excluding hydrogens is 252 g/mol. The lowest BCUT2D eigenvalue weighted by molar-refractivity contribution is 0.202. The molecule has 1 aromatic carbocycles. The summed E-state index contributed by atoms with van der Waals surface area (Å²) >= 11 is 0. The zero-order valence-corrected chi connectivity index (χ0v) is 12.7. The monoisotopic (exact) mass is 274 g/mol. The van der Waals surface area contributed by atoms with Gasteiger partial charge in [0, 0.05) is 11.6 Å². The molecule has 1 unspecified atom stereocenters. The van der Waals surface area contributed by atoms with Crippen LogP contribution in [0.2, 0.25) is 0 Å². The van der Waals surface area contributed by atoms with Gasteiger partial charge in [-0.05, 0) is 44.9 Å². The molecule has 20 heavy (non-hydrogen) atoms. The Bertz CT molecular complexity index is 603. The second kappa shape index (κ2) is 5.67. The van der Waals surface area contributed by atoms with Crippen LogP contribution in [0, 0.1) is 13.8 Å². The smallest absolute Gasteiger partial charge is 0.125 e. The lowest BCUT2D eigenvalue weighted by Gasteiger charge is -2.21. The van der Waals surface area contributed by atoms with Crippen LogP contribution in [0.3, 0.4) is 0 Å². The summed E-state index contributed by atoms with van der Waals surface area (Å²) in [7, 11) is 1.63. The Morgan fingerprint density at radius 2 is 1.95 bits per heavy atom. The van der Waals surface area contributed by atoms with Crippen molar-refractivity contribution in [3.8, 4) is 5.75 Å². The Labute approximate surface area is 120 Å². The number of aliphatic hydroxyl groups excluding tert-OH is 1. The van der Waals surface area contributed by atoms with Gasteiger partial charge in [0.25, 0.3) is 0 Å². The summed E-state index contributed by atoms with van der Waals surface area (Å²) in [5.74, 6) is 0.714. The van der Waals surface area contributed by atoms with Gasteiger partial charge in [0.2, 0.25) is 0 Å². The largest absolute Gasteiger partial charge is 0.496 e. The van der Waals surface area contributed by atoms with Crippen LogP contribution in [0.5, 0.6) is 5.75 Å². The zero-order chi connectivity index (χ0) is 14.9. The van der Waals surface area contributed by atoms with Crippen molar-refractivity contribution in [3.63, 3.8) is 0 Å². The summed E-state index contributed by atoms with van der Waals surface area (Å²) in [6.45, 7) is 8.14. The summed E-state index contributed by atoms with van der Waals surface area (Å²) in [4.78, 5) is 4.15. The fourth-order valence-electron chi connectivity index (χ4n) is 2.57. The topological polar surface area (TPSA) is 47.3 Å². The minimum absolute atomic E-state index is 0.249. The van der Waals surface area contributed by atoms with E-state index in [1.54, 1.807) is 19.6 Å². The van der Waals surface area contributed by atoms with Crippen molar-refractivity contribution in [2.45, 2.75) is 39.8 Å². The molecule has 0 aliphatic heterocycles. The molecule has 0 amide bonds. The molecule has 0 saturated heterocycles. The number of ether oxygens (including phenoxy) is 1. The second-order valence-corrected chi connectivity index (χ2v) is 5.42. The SMILES string of the molecule is COc1cc(C)cc(C)c1C(O)c1cncn1C(C)C. The normalized spacial score (nSPS) is 12.8. The fraction of sp³-hybridized carbons (Fsp3) is 0.438. The number of aromatic nitrogens is 2. The minimum Gasteiger partial charge on any atom is -0.496 e. The molecule has 0 aliphatic rings. The summed E-state index contributed by atoms with van der Waals surface area (Å²) in [6.07, 6.45) is 2.72. The summed E-state index contributed by atoms with van der Waals surface area (Å²) in [5.41, 5.74) is 3.73. The molecule has 0 fully saturated rings. The van der Waals surface area contributed by atoms with Crippen LogP contribution in [-0.2, 0) is 0 Å². The first-order valence-electron chi connectivity index (χ1n) is 6.80. The van der Waals surface area contributed by atoms with Gasteiger partial charge in [-0.3, -0.25) is 0 Å². The van der Waals surface area contributed by atoms with Crippen molar-refractivity contribution < 1.29 is 9.84 Å². The van der Waals surface area contributed by atoms with Crippen molar-refractivity contribution in [1.29, 1.82) is 0 Å². The Hall–Kier alpha value is -1.81. The van der Waals surface area contributed by atoms with E-state index >= 15 is 0 Å². The van der Waals surface area contributed by atoms with E-state index in [2.05, 4.69) is 24.9 Å². The Kier molecular flexibility index (Phi) is 4.14. The predicted molar refractivity (Wildman–Crippen MR) is 79.1 cm³/mol. The number of imidazole rings is 1. The Balaban J connectivity index is 2.53. The molecule has 0 aliphatic carbocycles. The third-order valence-electron chi connectivity index (χ3n) is 3.52. The standard InChI is InChI=1S/C16H22N2O2/c1-10(2)18-9-17-8-13(18)16(19)15-12(4)6-11(3)7-14(15)20-5/h6-10,16,19H,1-5H3. The van der Waals surface area contributed by atoms with Crippen molar-refractivity contribution >= 4 is 0 Å². The van der Waals surface area contributed by atoms with E-state index in [4.69, 9.17) is 4.74 Å². The van der Waals surface area contributed by atoms with E-state index in [1.165, 1.54) is 0 Å². The van der Waals surface area contributed by atoms with Crippen LogP contribution >= 0.6 is 0 Å². The van der Waals surface area contributed by atoms with Crippen LogP contribution in [0.15, 0.2) is 24.7 Å². The molecule has 1 atom stereocenters. The van der Waals surface area contributed by atoms with E-state index in [0.29, 0.717) is 5.75 Å². The third kappa shape index (κ3) is 2.56. The molecule has 0 spiro atoms. The molecule has 0 saturated carbocycles. The molecule has 2 rings (SSSR count). The van der Waals surface area contributed by atoms with Crippen LogP contribution in [0.4, 0.5) is 0 Å². The van der Waals surface area contributed by atoms with Crippen LogP contribution in [0.25, 0.3) is 0 Å². The molecule has 1 N–H and O–H groups in total. The highest BCUT2D eigenvalue weighted by molar-refractivity contribution is 5.46. The van der Waals surface area contributed by atoms with Gasteiger partial charge in [-0.2, -0.15) is 0 Å². The van der Waals surface area contributed by atoms with Gasteiger partial charge in [-0.1, -0.05) is 6.07 Å². The molecule has 108 valence electrons. The van der Waals surface area contributed by atoms with Gasteiger partial charge >= 0.3 is 0 Å². The fourth-order valence-corrected chi connectivity index (χ4v) is 2.57. The number of hydrogen-bond donors (Lipinski definition) is 1. The van der Waals surface area contributed by atoms with Gasteiger partial charge in [0.1, 0.15) is 11.9 Å². The van der Waals surface area contributed by atoms with E-state index in [1.807, 2.05) is 24.5 Å². The number of methoxy groups -OCH3 is 1. The summed E-state index contributed by atoms with van der Waals surface area (Å²) in [5, 5.41) is 10.8. The highest BCUT2D eigenvalue weighted by atomic mass is 16.5. The maximum atomic E-state index is 10.8. The zero-order valence-electron chi connectivity index (χ0n) is 12.7. The number of nitrogens with zero attached hydrogens (tertiary/aromatic N) is 2. The van der Waals surface area contributed by atoms with Crippen molar-refractivity contribution in [3.05, 3.63) is 47.0 Å². The first-order chi connectivity index (χ1) is 9.45. The van der Waals surface area contributed by atoms with E-state index < -0.39 is 6.10 Å². The van der Waals surface area contributed by atoms with Crippen molar-refractivity contribution in [2.24, 2.45) is 0 Å². The average molecular weight is 274 g/mol. The molecule has 2 aromatic rings. The molecule has 1 aromatic heterocycles. The quantitative estimate of drug-likeness (QED) is 0.931. The number of hydrogen-bond acceptors (Lipinski definition) is 3. The molecule has 1 heterocycles. The van der Waals surface area contributed by atoms with Gasteiger partial charge in [0.15, 0.2) is 0 Å². The molecule has 4 nitrogen and oxygen atoms in total. The lowest BCUT2D eigenvalue weighted by atomic mass is 9.97. The molecule has 4 heteroatoms. The minimum atomic E-state index is -0.740. The number of aliphatic hydroxyl groups is 1. The van der Waals surface area contributed by atoms with Crippen molar-refractivity contribution in [2.75, 3.05) is 7.11 Å². The molecule has 0 radical (unpaired) electrons. The number of benzene rings is 1. The van der Waals surface area contributed by atoms with Crippen LogP contribution in [0.1, 0.15) is 48.4 Å². The maximum Gasteiger partial charge on any atom is 0.125 e. The summed E-state index contributed by atoms with van der Waals surface area (Å²) < 4.78 is 7.41. The van der Waals surface area contributed by atoms with Crippen molar-refractivity contribution in [1.82, 2.24) is 9.55 Å². The number of rotatable bonds is 4. The Morgan fingerprint density at radius 1 is 1.25 bits per heavy atom. The molecule has 0 bridgehead atoms. The first kappa shape index (κ1) is 14.6. The van der Waals surface area contributed by atoms with Crippen LogP contribution in [-0.4, -0.2) is 21.8 Å². The van der Waals surface area contributed by atoms with Gasteiger partial charge in [0.05, 0.1) is 25.3 Å². The van der Waals surface area contributed by atoms with E-state index in [9.17, 15) is 5.11 Å². The number of aryl methyl sites for hydroxylation is 2. The Morgan fingerprint density at radius 3 is 2.55 bits per heavy atom. The third-order valence-corrected chi connectivity index (χ3v) is 3.52.